The first-order valence-electron chi connectivity index (χ1n) is 4.89. The van der Waals surface area contributed by atoms with Gasteiger partial charge in [-0.3, -0.25) is 9.59 Å². The van der Waals surface area contributed by atoms with Crippen LogP contribution in [0.2, 0.25) is 0 Å². The number of carbonyl (C=O) groups excluding carboxylic acids is 1. The molecule has 0 aromatic heterocycles. The molecule has 0 aromatic carbocycles. The van der Waals surface area contributed by atoms with E-state index in [1.165, 1.54) is 0 Å². The molecular formula is C9H18N2O4. The van der Waals surface area contributed by atoms with E-state index in [-0.39, 0.29) is 25.0 Å². The Morgan fingerprint density at radius 1 is 1.53 bits per heavy atom. The fourth-order valence-corrected chi connectivity index (χ4v) is 1.03. The molecule has 6 nitrogen and oxygen atoms in total. The van der Waals surface area contributed by atoms with Gasteiger partial charge in [-0.05, 0) is 6.42 Å². The highest BCUT2D eigenvalue weighted by Gasteiger charge is 2.13. The largest absolute Gasteiger partial charge is 0.481 e. The quantitative estimate of drug-likeness (QED) is 0.469. The Balaban J connectivity index is 3.75. The first kappa shape index (κ1) is 13.9. The van der Waals surface area contributed by atoms with Crippen molar-refractivity contribution in [3.8, 4) is 0 Å². The lowest BCUT2D eigenvalue weighted by Gasteiger charge is -2.14. The molecule has 0 bridgehead atoms. The number of hydrogen-bond acceptors (Lipinski definition) is 4. The van der Waals surface area contributed by atoms with Crippen LogP contribution < -0.4 is 11.1 Å². The fourth-order valence-electron chi connectivity index (χ4n) is 1.03. The van der Waals surface area contributed by atoms with Crippen LogP contribution in [0.3, 0.4) is 0 Å². The average molecular weight is 218 g/mol. The Bertz CT molecular complexity index is 208. The van der Waals surface area contributed by atoms with Gasteiger partial charge in [-0.25, -0.2) is 0 Å². The number of aliphatic carboxylic acids is 1. The van der Waals surface area contributed by atoms with Gasteiger partial charge in [-0.15, -0.1) is 0 Å². The van der Waals surface area contributed by atoms with Gasteiger partial charge >= 0.3 is 5.97 Å². The SMILES string of the molecule is CCC(CC(=O)O)NC(=O)COCCN. The lowest BCUT2D eigenvalue weighted by molar-refractivity contribution is -0.137. The van der Waals surface area contributed by atoms with Crippen LogP contribution in [0, 0.1) is 0 Å². The molecule has 1 atom stereocenters. The van der Waals surface area contributed by atoms with Gasteiger partial charge in [0.25, 0.3) is 0 Å². The summed E-state index contributed by atoms with van der Waals surface area (Å²) in [5.41, 5.74) is 5.17. The summed E-state index contributed by atoms with van der Waals surface area (Å²) in [4.78, 5) is 21.6. The third kappa shape index (κ3) is 7.90. The Kier molecular flexibility index (Phi) is 7.57. The van der Waals surface area contributed by atoms with Crippen LogP contribution in [-0.4, -0.2) is 42.8 Å². The van der Waals surface area contributed by atoms with E-state index in [0.29, 0.717) is 19.6 Å². The molecule has 0 rings (SSSR count). The zero-order chi connectivity index (χ0) is 11.7. The molecule has 88 valence electrons. The first-order valence-corrected chi connectivity index (χ1v) is 4.89. The zero-order valence-electron chi connectivity index (χ0n) is 8.86. The normalized spacial score (nSPS) is 12.1. The number of rotatable bonds is 8. The van der Waals surface area contributed by atoms with Crippen molar-refractivity contribution in [2.45, 2.75) is 25.8 Å². The highest BCUT2D eigenvalue weighted by molar-refractivity contribution is 5.78. The number of carboxylic acid groups (broad SMARTS) is 1. The van der Waals surface area contributed by atoms with E-state index in [0.717, 1.165) is 0 Å². The van der Waals surface area contributed by atoms with E-state index in [4.69, 9.17) is 15.6 Å². The molecule has 0 fully saturated rings. The van der Waals surface area contributed by atoms with Crippen LogP contribution in [-0.2, 0) is 14.3 Å². The number of carbonyl (C=O) groups is 2. The molecule has 0 spiro atoms. The van der Waals surface area contributed by atoms with Crippen molar-refractivity contribution in [1.29, 1.82) is 0 Å². The number of ether oxygens (including phenoxy) is 1. The van der Waals surface area contributed by atoms with Gasteiger partial charge in [0, 0.05) is 12.6 Å². The third-order valence-corrected chi connectivity index (χ3v) is 1.77. The van der Waals surface area contributed by atoms with Gasteiger partial charge in [-0.1, -0.05) is 6.92 Å². The van der Waals surface area contributed by atoms with Crippen LogP contribution in [0.15, 0.2) is 0 Å². The number of carboxylic acids is 1. The highest BCUT2D eigenvalue weighted by atomic mass is 16.5. The Morgan fingerprint density at radius 2 is 2.20 bits per heavy atom. The summed E-state index contributed by atoms with van der Waals surface area (Å²) in [7, 11) is 0. The molecule has 0 aromatic rings. The minimum absolute atomic E-state index is 0.0703. The molecule has 6 heteroatoms. The van der Waals surface area contributed by atoms with Crippen molar-refractivity contribution in [3.63, 3.8) is 0 Å². The van der Waals surface area contributed by atoms with E-state index >= 15 is 0 Å². The van der Waals surface area contributed by atoms with Crippen molar-refractivity contribution < 1.29 is 19.4 Å². The molecule has 0 aliphatic heterocycles. The lowest BCUT2D eigenvalue weighted by atomic mass is 10.1. The number of nitrogens with one attached hydrogen (secondary N) is 1. The van der Waals surface area contributed by atoms with Crippen LogP contribution in [0.25, 0.3) is 0 Å². The van der Waals surface area contributed by atoms with Crippen molar-refractivity contribution in [3.05, 3.63) is 0 Å². The highest BCUT2D eigenvalue weighted by Crippen LogP contribution is 1.97. The summed E-state index contributed by atoms with van der Waals surface area (Å²) in [5.74, 6) is -1.23. The summed E-state index contributed by atoms with van der Waals surface area (Å²) < 4.78 is 4.91. The van der Waals surface area contributed by atoms with Crippen LogP contribution >= 0.6 is 0 Å². The topological polar surface area (TPSA) is 102 Å². The maximum Gasteiger partial charge on any atom is 0.305 e. The summed E-state index contributed by atoms with van der Waals surface area (Å²) >= 11 is 0. The van der Waals surface area contributed by atoms with Gasteiger partial charge < -0.3 is 20.9 Å². The molecule has 15 heavy (non-hydrogen) atoms. The zero-order valence-corrected chi connectivity index (χ0v) is 8.86. The van der Waals surface area contributed by atoms with Crippen molar-refractivity contribution in [2.75, 3.05) is 19.8 Å². The molecule has 0 saturated heterocycles. The van der Waals surface area contributed by atoms with E-state index in [1.807, 2.05) is 6.92 Å². The van der Waals surface area contributed by atoms with Crippen LogP contribution in [0.5, 0.6) is 0 Å². The summed E-state index contributed by atoms with van der Waals surface area (Å²) in [5, 5.41) is 11.1. The van der Waals surface area contributed by atoms with Gasteiger partial charge in [0.1, 0.15) is 6.61 Å². The second-order valence-corrected chi connectivity index (χ2v) is 3.11. The summed E-state index contributed by atoms with van der Waals surface area (Å²) in [6, 6.07) is -0.337. The fraction of sp³-hybridized carbons (Fsp3) is 0.778. The van der Waals surface area contributed by atoms with Crippen LogP contribution in [0.4, 0.5) is 0 Å². The molecule has 0 aliphatic rings. The standard InChI is InChI=1S/C9H18N2O4/c1-2-7(5-9(13)14)11-8(12)6-15-4-3-10/h7H,2-6,10H2,1H3,(H,11,12)(H,13,14). The Morgan fingerprint density at radius 3 is 2.67 bits per heavy atom. The second kappa shape index (κ2) is 8.19. The number of nitrogens with two attached hydrogens (primary N) is 1. The molecule has 4 N–H and O–H groups in total. The molecule has 0 heterocycles. The summed E-state index contributed by atoms with van der Waals surface area (Å²) in [6.07, 6.45) is 0.508. The van der Waals surface area contributed by atoms with E-state index in [2.05, 4.69) is 5.32 Å². The molecular weight excluding hydrogens is 200 g/mol. The first-order chi connectivity index (χ1) is 7.10. The van der Waals surface area contributed by atoms with Crippen LogP contribution in [0.1, 0.15) is 19.8 Å². The Hall–Kier alpha value is -1.14. The van der Waals surface area contributed by atoms with Gasteiger partial charge in [0.2, 0.25) is 5.91 Å². The van der Waals surface area contributed by atoms with Crippen molar-refractivity contribution >= 4 is 11.9 Å². The average Bonchev–Trinajstić information content (AvgIpc) is 2.16. The van der Waals surface area contributed by atoms with Crippen molar-refractivity contribution in [2.24, 2.45) is 5.73 Å². The van der Waals surface area contributed by atoms with Gasteiger partial charge in [0.15, 0.2) is 0 Å². The van der Waals surface area contributed by atoms with Gasteiger partial charge in [-0.2, -0.15) is 0 Å². The lowest BCUT2D eigenvalue weighted by Crippen LogP contribution is -2.38. The number of amides is 1. The van der Waals surface area contributed by atoms with E-state index in [9.17, 15) is 9.59 Å². The second-order valence-electron chi connectivity index (χ2n) is 3.11. The summed E-state index contributed by atoms with van der Waals surface area (Å²) in [6.45, 7) is 2.42. The maximum atomic E-state index is 11.2. The molecule has 0 aliphatic carbocycles. The molecule has 0 saturated carbocycles. The smallest absolute Gasteiger partial charge is 0.305 e. The predicted molar refractivity (Wildman–Crippen MR) is 54.3 cm³/mol. The number of hydrogen-bond donors (Lipinski definition) is 3. The molecule has 0 radical (unpaired) electrons. The molecule has 1 amide bonds. The monoisotopic (exact) mass is 218 g/mol. The third-order valence-electron chi connectivity index (χ3n) is 1.77. The predicted octanol–water partition coefficient (Wildman–Crippen LogP) is -0.669. The van der Waals surface area contributed by atoms with Crippen molar-refractivity contribution in [1.82, 2.24) is 5.32 Å². The Labute approximate surface area is 88.8 Å². The van der Waals surface area contributed by atoms with E-state index in [1.54, 1.807) is 0 Å². The van der Waals surface area contributed by atoms with E-state index < -0.39 is 5.97 Å². The van der Waals surface area contributed by atoms with Gasteiger partial charge in [0.05, 0.1) is 13.0 Å². The minimum atomic E-state index is -0.926. The maximum absolute atomic E-state index is 11.2. The molecule has 1 unspecified atom stereocenters. The minimum Gasteiger partial charge on any atom is -0.481 e.